The summed E-state index contributed by atoms with van der Waals surface area (Å²) in [5, 5.41) is 7.71. The SMILES string of the molecule is COCCn1ncc(Cl)c1C(=O)COC1CCNCC1. The van der Waals surface area contributed by atoms with E-state index in [4.69, 9.17) is 21.1 Å². The van der Waals surface area contributed by atoms with Crippen LogP contribution in [0.25, 0.3) is 0 Å². The monoisotopic (exact) mass is 301 g/mol. The first-order chi connectivity index (χ1) is 9.72. The summed E-state index contributed by atoms with van der Waals surface area (Å²) < 4.78 is 12.2. The van der Waals surface area contributed by atoms with Crippen LogP contribution >= 0.6 is 11.6 Å². The summed E-state index contributed by atoms with van der Waals surface area (Å²) in [7, 11) is 1.60. The topological polar surface area (TPSA) is 65.4 Å². The Bertz CT molecular complexity index is 444. The van der Waals surface area contributed by atoms with E-state index < -0.39 is 0 Å². The number of methoxy groups -OCH3 is 1. The van der Waals surface area contributed by atoms with Crippen LogP contribution in [0.2, 0.25) is 5.02 Å². The van der Waals surface area contributed by atoms with Crippen LogP contribution in [-0.4, -0.2) is 55.1 Å². The van der Waals surface area contributed by atoms with Crippen molar-refractivity contribution in [2.24, 2.45) is 0 Å². The highest BCUT2D eigenvalue weighted by Gasteiger charge is 2.20. The van der Waals surface area contributed by atoms with E-state index in [9.17, 15) is 4.79 Å². The van der Waals surface area contributed by atoms with Crippen molar-refractivity contribution in [1.29, 1.82) is 0 Å². The van der Waals surface area contributed by atoms with Gasteiger partial charge in [-0.1, -0.05) is 11.6 Å². The largest absolute Gasteiger partial charge is 0.383 e. The molecule has 0 aromatic carbocycles. The number of ketones is 1. The predicted molar refractivity (Wildman–Crippen MR) is 75.3 cm³/mol. The van der Waals surface area contributed by atoms with E-state index in [0.717, 1.165) is 25.9 Å². The fraction of sp³-hybridized carbons (Fsp3) is 0.692. The summed E-state index contributed by atoms with van der Waals surface area (Å²) >= 11 is 6.03. The zero-order valence-electron chi connectivity index (χ0n) is 11.6. The van der Waals surface area contributed by atoms with E-state index >= 15 is 0 Å². The lowest BCUT2D eigenvalue weighted by Gasteiger charge is -2.22. The van der Waals surface area contributed by atoms with E-state index in [1.54, 1.807) is 11.8 Å². The molecule has 0 radical (unpaired) electrons. The Kier molecular flexibility index (Phi) is 5.97. The van der Waals surface area contributed by atoms with E-state index in [0.29, 0.717) is 23.9 Å². The van der Waals surface area contributed by atoms with Gasteiger partial charge in [0, 0.05) is 7.11 Å². The van der Waals surface area contributed by atoms with Crippen molar-refractivity contribution in [3.8, 4) is 0 Å². The summed E-state index contributed by atoms with van der Waals surface area (Å²) in [6, 6.07) is 0. The third-order valence-electron chi connectivity index (χ3n) is 3.30. The summed E-state index contributed by atoms with van der Waals surface area (Å²) in [5.41, 5.74) is 0.401. The van der Waals surface area contributed by atoms with Crippen molar-refractivity contribution in [1.82, 2.24) is 15.1 Å². The van der Waals surface area contributed by atoms with Gasteiger partial charge in [0.1, 0.15) is 12.3 Å². The van der Waals surface area contributed by atoms with Crippen LogP contribution in [0.15, 0.2) is 6.20 Å². The first kappa shape index (κ1) is 15.4. The van der Waals surface area contributed by atoms with Gasteiger partial charge in [0.2, 0.25) is 5.78 Å². The molecule has 20 heavy (non-hydrogen) atoms. The Labute approximate surface area is 123 Å². The molecule has 0 aliphatic carbocycles. The fourth-order valence-corrected chi connectivity index (χ4v) is 2.46. The average molecular weight is 302 g/mol. The number of nitrogens with one attached hydrogen (secondary N) is 1. The van der Waals surface area contributed by atoms with Gasteiger partial charge in [-0.25, -0.2) is 0 Å². The van der Waals surface area contributed by atoms with Gasteiger partial charge in [-0.2, -0.15) is 5.10 Å². The van der Waals surface area contributed by atoms with Gasteiger partial charge >= 0.3 is 0 Å². The normalized spacial score (nSPS) is 16.5. The van der Waals surface area contributed by atoms with Gasteiger partial charge in [-0.05, 0) is 25.9 Å². The molecule has 0 unspecified atom stereocenters. The smallest absolute Gasteiger partial charge is 0.207 e. The van der Waals surface area contributed by atoms with Crippen LogP contribution in [0.4, 0.5) is 0 Å². The maximum Gasteiger partial charge on any atom is 0.207 e. The highest BCUT2D eigenvalue weighted by molar-refractivity contribution is 6.33. The Morgan fingerprint density at radius 1 is 1.55 bits per heavy atom. The van der Waals surface area contributed by atoms with Crippen LogP contribution in [0, 0.1) is 0 Å². The first-order valence-corrected chi connectivity index (χ1v) is 7.16. The first-order valence-electron chi connectivity index (χ1n) is 6.78. The number of rotatable bonds is 7. The number of carbonyl (C=O) groups is 1. The molecule has 6 nitrogen and oxygen atoms in total. The second-order valence-electron chi connectivity index (χ2n) is 4.74. The van der Waals surface area contributed by atoms with Gasteiger partial charge in [0.05, 0.1) is 30.5 Å². The molecule has 7 heteroatoms. The van der Waals surface area contributed by atoms with Gasteiger partial charge in [0.25, 0.3) is 0 Å². The predicted octanol–water partition coefficient (Wildman–Crippen LogP) is 1.13. The second kappa shape index (κ2) is 7.73. The third kappa shape index (κ3) is 4.02. The summed E-state index contributed by atoms with van der Waals surface area (Å²) in [5.74, 6) is -0.137. The number of hydrogen-bond acceptors (Lipinski definition) is 5. The molecule has 1 saturated heterocycles. The minimum Gasteiger partial charge on any atom is -0.383 e. The van der Waals surface area contributed by atoms with Crippen molar-refractivity contribution < 1.29 is 14.3 Å². The van der Waals surface area contributed by atoms with E-state index in [2.05, 4.69) is 10.4 Å². The lowest BCUT2D eigenvalue weighted by Crippen LogP contribution is -2.33. The van der Waals surface area contributed by atoms with Crippen LogP contribution in [-0.2, 0) is 16.0 Å². The summed E-state index contributed by atoms with van der Waals surface area (Å²) in [6.07, 6.45) is 3.50. The van der Waals surface area contributed by atoms with Gasteiger partial charge in [-0.15, -0.1) is 0 Å². The average Bonchev–Trinajstić information content (AvgIpc) is 2.84. The van der Waals surface area contributed by atoms with E-state index in [1.165, 1.54) is 6.20 Å². The van der Waals surface area contributed by atoms with E-state index in [1.807, 2.05) is 0 Å². The number of hydrogen-bond donors (Lipinski definition) is 1. The molecular weight excluding hydrogens is 282 g/mol. The van der Waals surface area contributed by atoms with Crippen molar-refractivity contribution >= 4 is 17.4 Å². The summed E-state index contributed by atoms with van der Waals surface area (Å²) in [6.45, 7) is 2.89. The molecule has 2 rings (SSSR count). The van der Waals surface area contributed by atoms with Gasteiger partial charge < -0.3 is 14.8 Å². The number of Topliss-reactive ketones (excluding diaryl/α,β-unsaturated/α-hetero) is 1. The molecule has 1 aromatic rings. The van der Waals surface area contributed by atoms with Crippen LogP contribution < -0.4 is 5.32 Å². The molecule has 112 valence electrons. The highest BCUT2D eigenvalue weighted by Crippen LogP contribution is 2.17. The molecule has 1 aliphatic heterocycles. The molecule has 1 N–H and O–H groups in total. The van der Waals surface area contributed by atoms with Crippen molar-refractivity contribution in [3.63, 3.8) is 0 Å². The van der Waals surface area contributed by atoms with Crippen molar-refractivity contribution in [2.75, 3.05) is 33.4 Å². The van der Waals surface area contributed by atoms with Crippen molar-refractivity contribution in [3.05, 3.63) is 16.9 Å². The number of piperidine rings is 1. The number of nitrogens with zero attached hydrogens (tertiary/aromatic N) is 2. The Morgan fingerprint density at radius 2 is 2.30 bits per heavy atom. The maximum absolute atomic E-state index is 12.2. The standard InChI is InChI=1S/C13H20ClN3O3/c1-19-7-6-17-13(11(14)8-16-17)12(18)9-20-10-2-4-15-5-3-10/h8,10,15H,2-7,9H2,1H3. The fourth-order valence-electron chi connectivity index (χ4n) is 2.21. The lowest BCUT2D eigenvalue weighted by molar-refractivity contribution is 0.0311. The minimum absolute atomic E-state index is 0.0447. The van der Waals surface area contributed by atoms with Crippen LogP contribution in [0.1, 0.15) is 23.3 Å². The number of aromatic nitrogens is 2. The Morgan fingerprint density at radius 3 is 3.00 bits per heavy atom. The van der Waals surface area contributed by atoms with E-state index in [-0.39, 0.29) is 18.5 Å². The molecular formula is C13H20ClN3O3. The molecule has 0 saturated carbocycles. The lowest BCUT2D eigenvalue weighted by atomic mass is 10.1. The molecule has 0 amide bonds. The minimum atomic E-state index is -0.137. The molecule has 1 aromatic heterocycles. The molecule has 1 fully saturated rings. The third-order valence-corrected chi connectivity index (χ3v) is 3.58. The second-order valence-corrected chi connectivity index (χ2v) is 5.15. The van der Waals surface area contributed by atoms with Gasteiger partial charge in [0.15, 0.2) is 0 Å². The highest BCUT2D eigenvalue weighted by atomic mass is 35.5. The quantitative estimate of drug-likeness (QED) is 0.765. The molecule has 2 heterocycles. The van der Waals surface area contributed by atoms with Crippen LogP contribution in [0.3, 0.4) is 0 Å². The number of carbonyl (C=O) groups excluding carboxylic acids is 1. The number of halogens is 1. The van der Waals surface area contributed by atoms with Crippen LogP contribution in [0.5, 0.6) is 0 Å². The molecule has 0 spiro atoms. The zero-order chi connectivity index (χ0) is 14.4. The van der Waals surface area contributed by atoms with Gasteiger partial charge in [-0.3, -0.25) is 9.48 Å². The molecule has 1 aliphatic rings. The van der Waals surface area contributed by atoms with Crippen molar-refractivity contribution in [2.45, 2.75) is 25.5 Å². The Balaban J connectivity index is 1.92. The maximum atomic E-state index is 12.2. The number of ether oxygens (including phenoxy) is 2. The Hall–Kier alpha value is -0.950. The zero-order valence-corrected chi connectivity index (χ0v) is 12.4. The molecule has 0 bridgehead atoms. The molecule has 0 atom stereocenters. The summed E-state index contributed by atoms with van der Waals surface area (Å²) in [4.78, 5) is 12.2.